The molecule has 1 N–H and O–H groups in total. The number of unbranched alkanes of at least 4 members (excludes halogenated alkanes) is 3. The average Bonchev–Trinajstić information content (AvgIpc) is 3.96. The maximum Gasteiger partial charge on any atom is 0.346 e. The summed E-state index contributed by atoms with van der Waals surface area (Å²) in [6.07, 6.45) is 6.70. The first-order valence-corrected chi connectivity index (χ1v) is 19.5. The molecule has 0 saturated heterocycles. The van der Waals surface area contributed by atoms with Crippen molar-refractivity contribution in [3.8, 4) is 32.1 Å². The number of carbonyl (C=O) groups is 1. The number of para-hydroxylation sites is 1. The number of hydrogen-bond acceptors (Lipinski definition) is 9. The number of nitrogens with zero attached hydrogens (tertiary/aromatic N) is 4. The molecule has 1 atom stereocenters. The van der Waals surface area contributed by atoms with Crippen molar-refractivity contribution < 1.29 is 14.6 Å². The lowest BCUT2D eigenvalue weighted by Crippen LogP contribution is -2.19. The number of carboxylic acid groups (broad SMARTS) is 1. The molecule has 3 aromatic heterocycles. The van der Waals surface area contributed by atoms with Gasteiger partial charge in [0.25, 0.3) is 0 Å². The third-order valence-corrected chi connectivity index (χ3v) is 12.2. The fourth-order valence-corrected chi connectivity index (χ4v) is 9.23. The number of carboxylic acids is 1. The molecule has 256 valence electrons. The first kappa shape index (κ1) is 34.4. The van der Waals surface area contributed by atoms with Gasteiger partial charge in [-0.25, -0.2) is 9.78 Å². The van der Waals surface area contributed by atoms with Gasteiger partial charge in [-0.05, 0) is 91.7 Å². The van der Waals surface area contributed by atoms with Gasteiger partial charge in [0.2, 0.25) is 0 Å². The molecule has 0 radical (unpaired) electrons. The van der Waals surface area contributed by atoms with E-state index < -0.39 is 5.97 Å². The molecule has 7 rings (SSSR count). The highest BCUT2D eigenvalue weighted by atomic mass is 32.1. The van der Waals surface area contributed by atoms with Crippen molar-refractivity contribution in [3.05, 3.63) is 117 Å². The Labute approximate surface area is 309 Å². The van der Waals surface area contributed by atoms with Crippen LogP contribution in [-0.4, -0.2) is 28.4 Å². The first-order valence-electron chi connectivity index (χ1n) is 17.0. The van der Waals surface area contributed by atoms with Gasteiger partial charge in [-0.1, -0.05) is 50.5 Å². The molecule has 1 aliphatic rings. The normalized spacial score (nSPS) is 14.5. The molecule has 0 amide bonds. The second-order valence-corrected chi connectivity index (χ2v) is 15.7. The lowest BCUT2D eigenvalue weighted by atomic mass is 9.99. The molecule has 6 aromatic rings. The highest BCUT2D eigenvalue weighted by Gasteiger charge is 2.33. The van der Waals surface area contributed by atoms with Crippen molar-refractivity contribution in [2.45, 2.75) is 52.0 Å². The number of rotatable bonds is 13. The molecule has 0 fully saturated rings. The molecule has 0 aliphatic carbocycles. The standard InChI is InChI=1S/C41H36N4O3S3/c1-3-4-5-8-21-48-35-10-7-6-9-31(35)34-24-33(36-19-20-38(50-36)37-18-16-30(49-37)23-28(25-42)41(46)47)44-45(34)29-14-12-27(13-15-29)40-43-32-17-11-26(2)22-39(32)51-40/h6-7,9-20,22-23,34H,3-5,8,21,24H2,1-2H3,(H,46,47). The zero-order valence-electron chi connectivity index (χ0n) is 28.3. The van der Waals surface area contributed by atoms with Crippen LogP contribution < -0.4 is 9.75 Å². The Morgan fingerprint density at radius 1 is 0.961 bits per heavy atom. The van der Waals surface area contributed by atoms with Crippen LogP contribution in [0.2, 0.25) is 0 Å². The van der Waals surface area contributed by atoms with Gasteiger partial charge in [0.15, 0.2) is 0 Å². The second kappa shape index (κ2) is 15.4. The summed E-state index contributed by atoms with van der Waals surface area (Å²) in [5.41, 5.74) is 6.13. The van der Waals surface area contributed by atoms with Crippen molar-refractivity contribution in [3.63, 3.8) is 0 Å². The first-order chi connectivity index (χ1) is 24.9. The second-order valence-electron chi connectivity index (χ2n) is 12.4. The molecular weight excluding hydrogens is 693 g/mol. The highest BCUT2D eigenvalue weighted by Crippen LogP contribution is 2.43. The van der Waals surface area contributed by atoms with Gasteiger partial charge < -0.3 is 9.84 Å². The van der Waals surface area contributed by atoms with Crippen LogP contribution in [0.25, 0.3) is 36.6 Å². The summed E-state index contributed by atoms with van der Waals surface area (Å²) in [5.74, 6) is -0.333. The minimum Gasteiger partial charge on any atom is -0.493 e. The maximum absolute atomic E-state index is 11.3. The predicted molar refractivity (Wildman–Crippen MR) is 211 cm³/mol. The third kappa shape index (κ3) is 7.66. The number of aryl methyl sites for hydroxylation is 1. The zero-order valence-corrected chi connectivity index (χ0v) is 30.8. The van der Waals surface area contributed by atoms with Crippen molar-refractivity contribution >= 4 is 67.7 Å². The van der Waals surface area contributed by atoms with E-state index in [1.165, 1.54) is 40.5 Å². The molecule has 0 spiro atoms. The Morgan fingerprint density at radius 3 is 2.55 bits per heavy atom. The summed E-state index contributed by atoms with van der Waals surface area (Å²) in [7, 11) is 0. The van der Waals surface area contributed by atoms with Gasteiger partial charge in [-0.15, -0.1) is 34.0 Å². The Hall–Kier alpha value is -5.08. The highest BCUT2D eigenvalue weighted by molar-refractivity contribution is 7.23. The number of anilines is 1. The van der Waals surface area contributed by atoms with Crippen molar-refractivity contribution in [2.75, 3.05) is 11.6 Å². The number of hydrogen-bond donors (Lipinski definition) is 1. The minimum atomic E-state index is -1.23. The van der Waals surface area contributed by atoms with Crippen molar-refractivity contribution in [1.82, 2.24) is 4.98 Å². The van der Waals surface area contributed by atoms with Crippen molar-refractivity contribution in [2.24, 2.45) is 5.10 Å². The van der Waals surface area contributed by atoms with Crippen LogP contribution in [-0.2, 0) is 4.79 Å². The number of thiophene rings is 2. The van der Waals surface area contributed by atoms with Gasteiger partial charge in [-0.3, -0.25) is 5.01 Å². The number of ether oxygens (including phenoxy) is 1. The SMILES string of the molecule is CCCCCCOc1ccccc1C1CC(c2ccc(-c3ccc(C=C(C#N)C(=O)O)s3)s2)=NN1c1ccc(-c2nc3ccc(C)cc3s2)cc1. The monoisotopic (exact) mass is 728 g/mol. The van der Waals surface area contributed by atoms with E-state index >= 15 is 0 Å². The van der Waals surface area contributed by atoms with Crippen LogP contribution in [0.1, 0.15) is 66.0 Å². The number of benzene rings is 3. The zero-order chi connectivity index (χ0) is 35.3. The van der Waals surface area contributed by atoms with Crippen LogP contribution in [0.4, 0.5) is 5.69 Å². The largest absolute Gasteiger partial charge is 0.493 e. The summed E-state index contributed by atoms with van der Waals surface area (Å²) < 4.78 is 7.59. The van der Waals surface area contributed by atoms with E-state index in [-0.39, 0.29) is 11.6 Å². The molecule has 3 aromatic carbocycles. The third-order valence-electron chi connectivity index (χ3n) is 8.76. The van der Waals surface area contributed by atoms with Crippen molar-refractivity contribution in [1.29, 1.82) is 5.26 Å². The van der Waals surface area contributed by atoms with E-state index in [1.54, 1.807) is 28.7 Å². The van der Waals surface area contributed by atoms with Gasteiger partial charge >= 0.3 is 5.97 Å². The molecule has 4 heterocycles. The topological polar surface area (TPSA) is 98.8 Å². The summed E-state index contributed by atoms with van der Waals surface area (Å²) >= 11 is 4.83. The molecule has 51 heavy (non-hydrogen) atoms. The number of fused-ring (bicyclic) bond motifs is 1. The predicted octanol–water partition coefficient (Wildman–Crippen LogP) is 11.4. The summed E-state index contributed by atoms with van der Waals surface area (Å²) in [4.78, 5) is 20.1. The summed E-state index contributed by atoms with van der Waals surface area (Å²) in [5, 5.41) is 26.8. The molecule has 0 bridgehead atoms. The van der Waals surface area contributed by atoms with E-state index in [2.05, 4.69) is 91.7 Å². The van der Waals surface area contributed by atoms with Gasteiger partial charge in [0.1, 0.15) is 22.4 Å². The van der Waals surface area contributed by atoms with E-state index in [0.717, 1.165) is 71.2 Å². The smallest absolute Gasteiger partial charge is 0.346 e. The lowest BCUT2D eigenvalue weighted by molar-refractivity contribution is -0.132. The quantitative estimate of drug-likeness (QED) is 0.0722. The molecule has 0 saturated carbocycles. The van der Waals surface area contributed by atoms with Crippen LogP contribution in [0.3, 0.4) is 0 Å². The molecule has 1 unspecified atom stereocenters. The Balaban J connectivity index is 1.19. The van der Waals surface area contributed by atoms with E-state index in [0.29, 0.717) is 13.0 Å². The van der Waals surface area contributed by atoms with E-state index in [1.807, 2.05) is 18.2 Å². The van der Waals surface area contributed by atoms with Crippen LogP contribution in [0.5, 0.6) is 5.75 Å². The Bertz CT molecular complexity index is 2290. The maximum atomic E-state index is 11.3. The minimum absolute atomic E-state index is 0.0624. The van der Waals surface area contributed by atoms with E-state index in [4.69, 9.17) is 14.8 Å². The number of aliphatic carboxylic acids is 1. The summed E-state index contributed by atoms with van der Waals surface area (Å²) in [6.45, 7) is 5.00. The van der Waals surface area contributed by atoms with Crippen LogP contribution in [0.15, 0.2) is 102 Å². The fourth-order valence-electron chi connectivity index (χ4n) is 6.12. The number of hydrazone groups is 1. The Kier molecular flexibility index (Phi) is 10.4. The van der Waals surface area contributed by atoms with Crippen LogP contribution >= 0.6 is 34.0 Å². The fraction of sp³-hybridized carbons (Fsp3) is 0.220. The molecule has 10 heteroatoms. The molecule has 1 aliphatic heterocycles. The van der Waals surface area contributed by atoms with Crippen LogP contribution in [0, 0.1) is 18.3 Å². The number of aromatic nitrogens is 1. The molecule has 7 nitrogen and oxygen atoms in total. The Morgan fingerprint density at radius 2 is 1.75 bits per heavy atom. The lowest BCUT2D eigenvalue weighted by Gasteiger charge is -2.26. The van der Waals surface area contributed by atoms with Gasteiger partial charge in [-0.2, -0.15) is 10.4 Å². The average molecular weight is 729 g/mol. The van der Waals surface area contributed by atoms with E-state index in [9.17, 15) is 15.2 Å². The summed E-state index contributed by atoms with van der Waals surface area (Å²) in [6, 6.07) is 32.9. The van der Waals surface area contributed by atoms with Gasteiger partial charge in [0, 0.05) is 32.2 Å². The molecular formula is C41H36N4O3S3. The number of thiazole rings is 1. The van der Waals surface area contributed by atoms with Gasteiger partial charge in [0.05, 0.1) is 39.1 Å². The number of nitriles is 1.